The van der Waals surface area contributed by atoms with Gasteiger partial charge in [-0.15, -0.1) is 0 Å². The second-order valence-corrected chi connectivity index (χ2v) is 6.84. The minimum atomic E-state index is -0.330. The molecule has 0 aromatic heterocycles. The Morgan fingerprint density at radius 2 is 1.70 bits per heavy atom. The van der Waals surface area contributed by atoms with Crippen LogP contribution in [0.3, 0.4) is 0 Å². The fourth-order valence-electron chi connectivity index (χ4n) is 2.78. The SMILES string of the molecule is COc1ccc(CCN2C(=O)C=C(Nc3ccc(Br)cc3)C2=O)cc1OC. The number of carbonyl (C=O) groups is 2. The molecule has 2 aromatic carbocycles. The molecule has 2 amide bonds. The molecule has 1 aliphatic heterocycles. The van der Waals surface area contributed by atoms with Crippen molar-refractivity contribution in [3.63, 3.8) is 0 Å². The zero-order valence-corrected chi connectivity index (χ0v) is 16.6. The van der Waals surface area contributed by atoms with Crippen molar-refractivity contribution in [1.82, 2.24) is 4.90 Å². The van der Waals surface area contributed by atoms with Crippen molar-refractivity contribution in [3.05, 3.63) is 64.3 Å². The lowest BCUT2D eigenvalue weighted by Crippen LogP contribution is -2.33. The second-order valence-electron chi connectivity index (χ2n) is 5.92. The number of halogens is 1. The van der Waals surface area contributed by atoms with E-state index in [1.165, 1.54) is 11.0 Å². The predicted octanol–water partition coefficient (Wildman–Crippen LogP) is 3.37. The van der Waals surface area contributed by atoms with Crippen LogP contribution >= 0.6 is 15.9 Å². The van der Waals surface area contributed by atoms with Gasteiger partial charge in [-0.05, 0) is 48.4 Å². The van der Waals surface area contributed by atoms with Crippen molar-refractivity contribution in [3.8, 4) is 11.5 Å². The van der Waals surface area contributed by atoms with Gasteiger partial charge >= 0.3 is 0 Å². The number of hydrogen-bond acceptors (Lipinski definition) is 5. The van der Waals surface area contributed by atoms with Crippen LogP contribution in [0.4, 0.5) is 5.69 Å². The number of anilines is 1. The van der Waals surface area contributed by atoms with E-state index in [0.717, 1.165) is 15.7 Å². The molecule has 0 saturated heterocycles. The Bertz CT molecular complexity index is 893. The highest BCUT2D eigenvalue weighted by Gasteiger charge is 2.30. The quantitative estimate of drug-likeness (QED) is 0.681. The lowest BCUT2D eigenvalue weighted by Gasteiger charge is -2.16. The zero-order chi connectivity index (χ0) is 19.4. The van der Waals surface area contributed by atoms with E-state index in [0.29, 0.717) is 17.9 Å². The highest BCUT2D eigenvalue weighted by Crippen LogP contribution is 2.28. The van der Waals surface area contributed by atoms with Gasteiger partial charge in [0.05, 0.1) is 14.2 Å². The van der Waals surface area contributed by atoms with Gasteiger partial charge < -0.3 is 14.8 Å². The molecule has 2 aromatic rings. The topological polar surface area (TPSA) is 67.9 Å². The fraction of sp³-hybridized carbons (Fsp3) is 0.200. The maximum absolute atomic E-state index is 12.6. The minimum Gasteiger partial charge on any atom is -0.493 e. The van der Waals surface area contributed by atoms with Gasteiger partial charge in [0.2, 0.25) is 0 Å². The summed E-state index contributed by atoms with van der Waals surface area (Å²) in [5.74, 6) is 0.602. The number of imide groups is 1. The van der Waals surface area contributed by atoms with Gasteiger partial charge in [-0.1, -0.05) is 22.0 Å². The molecule has 0 aliphatic carbocycles. The molecule has 0 spiro atoms. The second kappa shape index (κ2) is 8.26. The third-order valence-electron chi connectivity index (χ3n) is 4.20. The first-order valence-electron chi connectivity index (χ1n) is 8.33. The molecule has 1 aliphatic rings. The van der Waals surface area contributed by atoms with Crippen LogP contribution in [0, 0.1) is 0 Å². The van der Waals surface area contributed by atoms with Crippen LogP contribution < -0.4 is 14.8 Å². The number of rotatable bonds is 7. The molecule has 6 nitrogen and oxygen atoms in total. The van der Waals surface area contributed by atoms with Crippen LogP contribution in [-0.2, 0) is 16.0 Å². The van der Waals surface area contributed by atoms with Crippen molar-refractivity contribution >= 4 is 33.4 Å². The highest BCUT2D eigenvalue weighted by atomic mass is 79.9. The summed E-state index contributed by atoms with van der Waals surface area (Å²) in [7, 11) is 3.14. The molecule has 0 bridgehead atoms. The van der Waals surface area contributed by atoms with Gasteiger partial charge in [-0.25, -0.2) is 0 Å². The van der Waals surface area contributed by atoms with Crippen LogP contribution in [-0.4, -0.2) is 37.5 Å². The fourth-order valence-corrected chi connectivity index (χ4v) is 3.04. The molecular weight excluding hydrogens is 412 g/mol. The van der Waals surface area contributed by atoms with Crippen molar-refractivity contribution < 1.29 is 19.1 Å². The van der Waals surface area contributed by atoms with E-state index in [-0.39, 0.29) is 24.1 Å². The average molecular weight is 431 g/mol. The van der Waals surface area contributed by atoms with Crippen molar-refractivity contribution in [2.45, 2.75) is 6.42 Å². The smallest absolute Gasteiger partial charge is 0.277 e. The summed E-state index contributed by atoms with van der Waals surface area (Å²) < 4.78 is 11.4. The molecule has 0 saturated carbocycles. The van der Waals surface area contributed by atoms with Gasteiger partial charge in [0.15, 0.2) is 11.5 Å². The van der Waals surface area contributed by atoms with Gasteiger partial charge in [-0.2, -0.15) is 0 Å². The lowest BCUT2D eigenvalue weighted by atomic mass is 10.1. The highest BCUT2D eigenvalue weighted by molar-refractivity contribution is 9.10. The van der Waals surface area contributed by atoms with E-state index < -0.39 is 0 Å². The Labute approximate surface area is 165 Å². The zero-order valence-electron chi connectivity index (χ0n) is 15.0. The first kappa shape index (κ1) is 19.0. The Morgan fingerprint density at radius 1 is 1.00 bits per heavy atom. The molecule has 140 valence electrons. The Kier molecular flexibility index (Phi) is 5.81. The maximum Gasteiger partial charge on any atom is 0.277 e. The largest absolute Gasteiger partial charge is 0.493 e. The van der Waals surface area contributed by atoms with Crippen LogP contribution in [0.2, 0.25) is 0 Å². The monoisotopic (exact) mass is 430 g/mol. The molecule has 3 rings (SSSR count). The number of hydrogen-bond donors (Lipinski definition) is 1. The number of ether oxygens (including phenoxy) is 2. The van der Waals surface area contributed by atoms with Gasteiger partial charge in [0.1, 0.15) is 5.70 Å². The lowest BCUT2D eigenvalue weighted by molar-refractivity contribution is -0.137. The number of benzene rings is 2. The van der Waals surface area contributed by atoms with Gasteiger partial charge in [0, 0.05) is 22.8 Å². The summed E-state index contributed by atoms with van der Waals surface area (Å²) in [6, 6.07) is 12.9. The van der Waals surface area contributed by atoms with E-state index in [1.54, 1.807) is 20.3 Å². The van der Waals surface area contributed by atoms with Gasteiger partial charge in [-0.3, -0.25) is 14.5 Å². The molecule has 0 atom stereocenters. The first-order chi connectivity index (χ1) is 13.0. The van der Waals surface area contributed by atoms with E-state index in [1.807, 2.05) is 36.4 Å². The number of methoxy groups -OCH3 is 2. The Morgan fingerprint density at radius 3 is 2.37 bits per heavy atom. The normalized spacial score (nSPS) is 13.6. The minimum absolute atomic E-state index is 0.273. The van der Waals surface area contributed by atoms with Crippen LogP contribution in [0.15, 0.2) is 58.7 Å². The molecule has 7 heteroatoms. The van der Waals surface area contributed by atoms with Crippen LogP contribution in [0.25, 0.3) is 0 Å². The molecule has 0 radical (unpaired) electrons. The number of amides is 2. The first-order valence-corrected chi connectivity index (χ1v) is 9.12. The van der Waals surface area contributed by atoms with E-state index in [9.17, 15) is 9.59 Å². The van der Waals surface area contributed by atoms with Crippen molar-refractivity contribution in [2.24, 2.45) is 0 Å². The number of carbonyl (C=O) groups excluding carboxylic acids is 2. The van der Waals surface area contributed by atoms with Gasteiger partial charge in [0.25, 0.3) is 11.8 Å². The molecule has 27 heavy (non-hydrogen) atoms. The maximum atomic E-state index is 12.6. The predicted molar refractivity (Wildman–Crippen MR) is 106 cm³/mol. The molecule has 0 fully saturated rings. The van der Waals surface area contributed by atoms with E-state index in [4.69, 9.17) is 9.47 Å². The van der Waals surface area contributed by atoms with E-state index >= 15 is 0 Å². The summed E-state index contributed by atoms with van der Waals surface area (Å²) in [4.78, 5) is 26.0. The van der Waals surface area contributed by atoms with Crippen molar-refractivity contribution in [2.75, 3.05) is 26.1 Å². The molecule has 1 heterocycles. The van der Waals surface area contributed by atoms with Crippen LogP contribution in [0.1, 0.15) is 5.56 Å². The van der Waals surface area contributed by atoms with Crippen molar-refractivity contribution in [1.29, 1.82) is 0 Å². The standard InChI is InChI=1S/C20H19BrN2O4/c1-26-17-8-3-13(11-18(17)27-2)9-10-23-19(24)12-16(20(23)25)22-15-6-4-14(21)5-7-15/h3-8,11-12,22H,9-10H2,1-2H3. The summed E-state index contributed by atoms with van der Waals surface area (Å²) in [5.41, 5.74) is 1.96. The number of nitrogens with one attached hydrogen (secondary N) is 1. The third kappa shape index (κ3) is 4.31. The summed E-state index contributed by atoms with van der Waals surface area (Å²) in [6.45, 7) is 0.287. The summed E-state index contributed by atoms with van der Waals surface area (Å²) in [6.07, 6.45) is 1.86. The molecular formula is C20H19BrN2O4. The van der Waals surface area contributed by atoms with Crippen LogP contribution in [0.5, 0.6) is 11.5 Å². The number of nitrogens with zero attached hydrogens (tertiary/aromatic N) is 1. The third-order valence-corrected chi connectivity index (χ3v) is 4.73. The summed E-state index contributed by atoms with van der Waals surface area (Å²) >= 11 is 3.36. The molecule has 1 N–H and O–H groups in total. The summed E-state index contributed by atoms with van der Waals surface area (Å²) in [5, 5.41) is 3.00. The van der Waals surface area contributed by atoms with E-state index in [2.05, 4.69) is 21.2 Å². The Hall–Kier alpha value is -2.80. The Balaban J connectivity index is 1.64. The average Bonchev–Trinajstić information content (AvgIpc) is 2.94. The molecule has 0 unspecified atom stereocenters.